The molecule has 106 valence electrons. The molecule has 0 spiro atoms. The fourth-order valence-corrected chi connectivity index (χ4v) is 3.24. The standard InChI is InChI=1S/C12H27BNO3P/c1-8(2)16-7-11-10(6-12(13)17-11)14-18(5,15)9(3)4/h8-12H,6-7,13H2,1-5H3,(H,14,15)/t10?,11-,12-,18?/m1/s1. The van der Waals surface area contributed by atoms with Gasteiger partial charge in [0.1, 0.15) is 15.1 Å². The van der Waals surface area contributed by atoms with Crippen molar-refractivity contribution in [1.29, 1.82) is 0 Å². The minimum absolute atomic E-state index is 0.00873. The fourth-order valence-electron chi connectivity index (χ4n) is 2.02. The molecule has 0 radical (unpaired) electrons. The summed E-state index contributed by atoms with van der Waals surface area (Å²) in [6.07, 6.45) is 1.11. The van der Waals surface area contributed by atoms with Crippen LogP contribution in [0.1, 0.15) is 34.1 Å². The Balaban J connectivity index is 2.59. The lowest BCUT2D eigenvalue weighted by molar-refractivity contribution is -0.0206. The molecule has 4 atom stereocenters. The normalized spacial score (nSPS) is 32.1. The summed E-state index contributed by atoms with van der Waals surface area (Å²) in [6, 6.07) is 0.340. The Kier molecular flexibility index (Phi) is 5.91. The van der Waals surface area contributed by atoms with Crippen molar-refractivity contribution in [3.63, 3.8) is 0 Å². The van der Waals surface area contributed by atoms with Crippen LogP contribution in [0.15, 0.2) is 0 Å². The van der Waals surface area contributed by atoms with Crippen molar-refractivity contribution in [1.82, 2.24) is 5.09 Å². The molecular formula is C12H27BNO3P. The monoisotopic (exact) mass is 275 g/mol. The van der Waals surface area contributed by atoms with Gasteiger partial charge in [-0.05, 0) is 20.3 Å². The Labute approximate surface area is 112 Å². The Morgan fingerprint density at radius 2 is 2.06 bits per heavy atom. The van der Waals surface area contributed by atoms with Crippen LogP contribution in [0.4, 0.5) is 0 Å². The maximum absolute atomic E-state index is 12.5. The van der Waals surface area contributed by atoms with Crippen molar-refractivity contribution in [2.75, 3.05) is 13.3 Å². The predicted molar refractivity (Wildman–Crippen MR) is 78.5 cm³/mol. The summed E-state index contributed by atoms with van der Waals surface area (Å²) in [6.45, 7) is 10.4. The van der Waals surface area contributed by atoms with E-state index >= 15 is 0 Å². The van der Waals surface area contributed by atoms with E-state index in [1.54, 1.807) is 0 Å². The molecule has 1 rings (SSSR count). The largest absolute Gasteiger partial charge is 0.380 e. The molecule has 0 bridgehead atoms. The van der Waals surface area contributed by atoms with E-state index in [-0.39, 0.29) is 29.9 Å². The summed E-state index contributed by atoms with van der Waals surface area (Å²) in [5.74, 6) is 0. The summed E-state index contributed by atoms with van der Waals surface area (Å²) in [4.78, 5) is 0. The summed E-state index contributed by atoms with van der Waals surface area (Å²) < 4.78 is 23.9. The summed E-state index contributed by atoms with van der Waals surface area (Å²) >= 11 is 0. The van der Waals surface area contributed by atoms with Gasteiger partial charge in [0.25, 0.3) is 0 Å². The van der Waals surface area contributed by atoms with E-state index in [4.69, 9.17) is 9.47 Å². The molecule has 1 aliphatic rings. The second-order valence-electron chi connectivity index (χ2n) is 5.92. The average molecular weight is 275 g/mol. The van der Waals surface area contributed by atoms with Crippen LogP contribution in [0.3, 0.4) is 0 Å². The third-order valence-corrected chi connectivity index (χ3v) is 6.26. The van der Waals surface area contributed by atoms with Gasteiger partial charge in [-0.1, -0.05) is 13.8 Å². The van der Waals surface area contributed by atoms with Gasteiger partial charge in [0, 0.05) is 24.4 Å². The fraction of sp³-hybridized carbons (Fsp3) is 1.00. The Bertz CT molecular complexity index is 312. The lowest BCUT2D eigenvalue weighted by Crippen LogP contribution is -2.38. The molecule has 1 saturated heterocycles. The quantitative estimate of drug-likeness (QED) is 0.588. The highest BCUT2D eigenvalue weighted by Crippen LogP contribution is 2.43. The maximum Gasteiger partial charge on any atom is 0.147 e. The molecular weight excluding hydrogens is 248 g/mol. The molecule has 0 aromatic rings. The third kappa shape index (κ3) is 4.69. The van der Waals surface area contributed by atoms with Crippen LogP contribution in [-0.2, 0) is 14.0 Å². The van der Waals surface area contributed by atoms with Gasteiger partial charge in [-0.2, -0.15) is 0 Å². The van der Waals surface area contributed by atoms with Crippen molar-refractivity contribution in [2.45, 2.75) is 64.0 Å². The van der Waals surface area contributed by atoms with Crippen LogP contribution in [0.5, 0.6) is 0 Å². The average Bonchev–Trinajstić information content (AvgIpc) is 2.54. The van der Waals surface area contributed by atoms with Crippen molar-refractivity contribution in [2.24, 2.45) is 0 Å². The van der Waals surface area contributed by atoms with Crippen molar-refractivity contribution in [3.05, 3.63) is 0 Å². The van der Waals surface area contributed by atoms with Crippen molar-refractivity contribution in [3.8, 4) is 0 Å². The highest BCUT2D eigenvalue weighted by atomic mass is 31.2. The van der Waals surface area contributed by atoms with Crippen molar-refractivity contribution >= 4 is 15.1 Å². The summed E-state index contributed by atoms with van der Waals surface area (Å²) in [5.41, 5.74) is 0.153. The molecule has 18 heavy (non-hydrogen) atoms. The molecule has 0 amide bonds. The van der Waals surface area contributed by atoms with E-state index in [1.807, 2.05) is 34.4 Å². The molecule has 1 heterocycles. The third-order valence-electron chi connectivity index (χ3n) is 3.44. The molecule has 2 unspecified atom stereocenters. The molecule has 4 nitrogen and oxygen atoms in total. The maximum atomic E-state index is 12.5. The minimum atomic E-state index is -2.31. The number of hydrogen-bond acceptors (Lipinski definition) is 3. The van der Waals surface area contributed by atoms with Gasteiger partial charge in [-0.3, -0.25) is 5.09 Å². The smallest absolute Gasteiger partial charge is 0.147 e. The first-order valence-electron chi connectivity index (χ1n) is 6.84. The van der Waals surface area contributed by atoms with Gasteiger partial charge in [0.2, 0.25) is 0 Å². The van der Waals surface area contributed by atoms with Gasteiger partial charge in [-0.15, -0.1) is 0 Å². The first kappa shape index (κ1) is 16.2. The topological polar surface area (TPSA) is 47.6 Å². The zero-order chi connectivity index (χ0) is 13.9. The number of ether oxygens (including phenoxy) is 2. The first-order valence-corrected chi connectivity index (χ1v) is 9.06. The van der Waals surface area contributed by atoms with E-state index in [9.17, 15) is 4.57 Å². The zero-order valence-corrected chi connectivity index (χ0v) is 13.4. The lowest BCUT2D eigenvalue weighted by atomic mass is 9.95. The van der Waals surface area contributed by atoms with Crippen LogP contribution < -0.4 is 5.09 Å². The first-order chi connectivity index (χ1) is 8.22. The molecule has 1 fully saturated rings. The van der Waals surface area contributed by atoms with Gasteiger partial charge in [-0.25, -0.2) is 0 Å². The van der Waals surface area contributed by atoms with Crippen molar-refractivity contribution < 1.29 is 14.0 Å². The van der Waals surface area contributed by atoms with Gasteiger partial charge in [0.15, 0.2) is 0 Å². The second kappa shape index (κ2) is 6.56. The van der Waals surface area contributed by atoms with E-state index < -0.39 is 7.29 Å². The zero-order valence-electron chi connectivity index (χ0n) is 12.5. The number of nitrogens with one attached hydrogen (secondary N) is 1. The van der Waals surface area contributed by atoms with Gasteiger partial charge in [0.05, 0.1) is 18.8 Å². The van der Waals surface area contributed by atoms with Crippen LogP contribution in [-0.4, -0.2) is 51.0 Å². The van der Waals surface area contributed by atoms with Crippen LogP contribution in [0.25, 0.3) is 0 Å². The number of hydrogen-bond donors (Lipinski definition) is 1. The molecule has 1 N–H and O–H groups in total. The predicted octanol–water partition coefficient (Wildman–Crippen LogP) is 1.43. The van der Waals surface area contributed by atoms with E-state index in [0.717, 1.165) is 6.42 Å². The Morgan fingerprint density at radius 3 is 2.56 bits per heavy atom. The van der Waals surface area contributed by atoms with Crippen LogP contribution in [0, 0.1) is 0 Å². The summed E-state index contributed by atoms with van der Waals surface area (Å²) in [5, 5.41) is 3.31. The molecule has 1 aliphatic heterocycles. The second-order valence-corrected chi connectivity index (χ2v) is 9.19. The van der Waals surface area contributed by atoms with Crippen LogP contribution >= 0.6 is 7.29 Å². The SMILES string of the molecule is B[C@H]1CC(NP(C)(=O)C(C)C)[C@@H](COC(C)C)O1. The highest BCUT2D eigenvalue weighted by Gasteiger charge is 2.36. The Hall–Kier alpha value is 0.175. The van der Waals surface area contributed by atoms with E-state index in [2.05, 4.69) is 12.9 Å². The van der Waals surface area contributed by atoms with E-state index in [0.29, 0.717) is 6.61 Å². The Morgan fingerprint density at radius 1 is 1.44 bits per heavy atom. The van der Waals surface area contributed by atoms with E-state index in [1.165, 1.54) is 0 Å². The number of rotatable bonds is 6. The highest BCUT2D eigenvalue weighted by molar-refractivity contribution is 7.61. The minimum Gasteiger partial charge on any atom is -0.380 e. The lowest BCUT2D eigenvalue weighted by Gasteiger charge is -2.26. The van der Waals surface area contributed by atoms with Gasteiger partial charge >= 0.3 is 0 Å². The van der Waals surface area contributed by atoms with Crippen LogP contribution in [0.2, 0.25) is 0 Å². The molecule has 0 saturated carbocycles. The van der Waals surface area contributed by atoms with Gasteiger partial charge < -0.3 is 14.0 Å². The molecule has 0 aromatic heterocycles. The summed E-state index contributed by atoms with van der Waals surface area (Å²) in [7, 11) is -0.255. The molecule has 0 aromatic carbocycles. The molecule has 6 heteroatoms. The molecule has 0 aliphatic carbocycles.